The molecule has 0 aromatic heterocycles. The molecule has 10 atom stereocenters. The molecule has 8 nitrogen and oxygen atoms in total. The number of epoxide rings is 1. The molecule has 1 aliphatic heterocycles. The summed E-state index contributed by atoms with van der Waals surface area (Å²) in [4.78, 5) is 39.1. The largest absolute Gasteiger partial charge is 0.461 e. The van der Waals surface area contributed by atoms with Gasteiger partial charge in [0.15, 0.2) is 17.0 Å². The van der Waals surface area contributed by atoms with E-state index in [-0.39, 0.29) is 29.0 Å². The summed E-state index contributed by atoms with van der Waals surface area (Å²) in [5.41, 5.74) is -1.66. The number of ketones is 1. The van der Waals surface area contributed by atoms with Gasteiger partial charge < -0.3 is 24.1 Å². The maximum absolute atomic E-state index is 14.0. The van der Waals surface area contributed by atoms with Gasteiger partial charge in [-0.25, -0.2) is 4.79 Å². The Kier molecular flexibility index (Phi) is 6.59. The lowest BCUT2D eigenvalue weighted by Crippen LogP contribution is -2.43. The van der Waals surface area contributed by atoms with Gasteiger partial charge in [0.1, 0.15) is 18.3 Å². The Labute approximate surface area is 213 Å². The van der Waals surface area contributed by atoms with Gasteiger partial charge in [-0.3, -0.25) is 9.59 Å². The number of fused-ring (bicyclic) bond motifs is 1. The molecule has 36 heavy (non-hydrogen) atoms. The van der Waals surface area contributed by atoms with E-state index in [4.69, 9.17) is 18.9 Å². The van der Waals surface area contributed by atoms with E-state index in [1.165, 1.54) is 6.92 Å². The first-order valence-corrected chi connectivity index (χ1v) is 12.9. The Balaban J connectivity index is 1.89. The van der Waals surface area contributed by atoms with Gasteiger partial charge in [-0.1, -0.05) is 33.8 Å². The molecule has 4 aliphatic rings. The van der Waals surface area contributed by atoms with Gasteiger partial charge in [0.25, 0.3) is 0 Å². The molecule has 8 heteroatoms. The highest BCUT2D eigenvalue weighted by atomic mass is 16.7. The van der Waals surface area contributed by atoms with E-state index in [0.29, 0.717) is 17.6 Å². The topological polar surface area (TPSA) is 112 Å². The summed E-state index contributed by atoms with van der Waals surface area (Å²) in [5.74, 6) is -2.29. The van der Waals surface area contributed by atoms with Crippen molar-refractivity contribution in [2.75, 3.05) is 7.11 Å². The fourth-order valence-electron chi connectivity index (χ4n) is 7.12. The number of carbonyl (C=O) groups is 3. The number of carbonyl (C=O) groups excluding carboxylic acids is 3. The van der Waals surface area contributed by atoms with E-state index < -0.39 is 53.5 Å². The zero-order valence-electron chi connectivity index (χ0n) is 22.8. The minimum absolute atomic E-state index is 0.150. The van der Waals surface area contributed by atoms with Crippen molar-refractivity contribution < 1.29 is 38.4 Å². The van der Waals surface area contributed by atoms with Gasteiger partial charge in [0.05, 0.1) is 12.0 Å². The van der Waals surface area contributed by atoms with Crippen molar-refractivity contribution in [1.29, 1.82) is 0 Å². The predicted molar refractivity (Wildman–Crippen MR) is 131 cm³/mol. The van der Waals surface area contributed by atoms with Crippen molar-refractivity contribution in [2.45, 2.75) is 97.4 Å². The van der Waals surface area contributed by atoms with Crippen LogP contribution >= 0.6 is 0 Å². The maximum Gasteiger partial charge on any atom is 0.334 e. The second kappa shape index (κ2) is 8.77. The Bertz CT molecular complexity index is 1030. The zero-order chi connectivity index (χ0) is 27.0. The number of ether oxygens (including phenoxy) is 4. The molecule has 0 bridgehead atoms. The van der Waals surface area contributed by atoms with Gasteiger partial charge in [-0.2, -0.15) is 0 Å². The van der Waals surface area contributed by atoms with Gasteiger partial charge in [0.2, 0.25) is 0 Å². The average Bonchev–Trinajstić information content (AvgIpc) is 3.60. The van der Waals surface area contributed by atoms with Crippen LogP contribution < -0.4 is 0 Å². The second-order valence-corrected chi connectivity index (χ2v) is 11.8. The van der Waals surface area contributed by atoms with Crippen LogP contribution in [0.2, 0.25) is 0 Å². The number of aliphatic hydroxyl groups excluding tert-OH is 1. The molecular formula is C28H40O8. The highest BCUT2D eigenvalue weighted by molar-refractivity contribution is 5.96. The Morgan fingerprint density at radius 2 is 1.75 bits per heavy atom. The first-order chi connectivity index (χ1) is 16.7. The van der Waals surface area contributed by atoms with Crippen molar-refractivity contribution >= 4 is 17.7 Å². The van der Waals surface area contributed by atoms with E-state index in [1.54, 1.807) is 40.0 Å². The summed E-state index contributed by atoms with van der Waals surface area (Å²) >= 11 is 0. The third kappa shape index (κ3) is 3.71. The summed E-state index contributed by atoms with van der Waals surface area (Å²) < 4.78 is 24.0. The number of esters is 2. The molecule has 0 amide bonds. The second-order valence-electron chi connectivity index (χ2n) is 11.8. The number of rotatable bonds is 4. The predicted octanol–water partition coefficient (Wildman–Crippen LogP) is 3.16. The lowest BCUT2D eigenvalue weighted by atomic mass is 9.80. The fraction of sp³-hybridized carbons (Fsp3) is 0.750. The SMILES string of the molecule is C/C=C(\C)C(=O)O[C@@H]1/C(C)=C/[C@@]23O[C@@]2(C[C@H](C)[C@@H]3O)C(=O)[C@H](C)[C@H](OC(C)=O)[C@@H]2[C@H]([C@@H]1OC)C2(C)C. The van der Waals surface area contributed by atoms with E-state index in [0.717, 1.165) is 0 Å². The van der Waals surface area contributed by atoms with Gasteiger partial charge in [0, 0.05) is 31.4 Å². The van der Waals surface area contributed by atoms with Crippen LogP contribution in [0.4, 0.5) is 0 Å². The Hall–Kier alpha value is -2.03. The maximum atomic E-state index is 14.0. The molecule has 2 saturated carbocycles. The lowest BCUT2D eigenvalue weighted by molar-refractivity contribution is -0.154. The van der Waals surface area contributed by atoms with E-state index in [2.05, 4.69) is 13.8 Å². The van der Waals surface area contributed by atoms with Crippen LogP contribution in [0.5, 0.6) is 0 Å². The smallest absolute Gasteiger partial charge is 0.334 e. The summed E-state index contributed by atoms with van der Waals surface area (Å²) in [6, 6.07) is 0. The number of aliphatic hydroxyl groups is 1. The van der Waals surface area contributed by atoms with Crippen LogP contribution in [0.3, 0.4) is 0 Å². The first kappa shape index (κ1) is 27.0. The molecule has 0 spiro atoms. The highest BCUT2D eigenvalue weighted by Crippen LogP contribution is 2.68. The first-order valence-electron chi connectivity index (χ1n) is 12.9. The number of methoxy groups -OCH3 is 1. The van der Waals surface area contributed by atoms with E-state index >= 15 is 0 Å². The molecule has 4 rings (SSSR count). The van der Waals surface area contributed by atoms with Crippen LogP contribution in [0.15, 0.2) is 23.3 Å². The van der Waals surface area contributed by atoms with Crippen molar-refractivity contribution in [3.63, 3.8) is 0 Å². The van der Waals surface area contributed by atoms with Crippen LogP contribution in [-0.4, -0.2) is 65.6 Å². The molecule has 0 radical (unpaired) electrons. The Morgan fingerprint density at radius 1 is 1.14 bits per heavy atom. The van der Waals surface area contributed by atoms with Gasteiger partial charge >= 0.3 is 11.9 Å². The molecule has 0 unspecified atom stereocenters. The van der Waals surface area contributed by atoms with Crippen LogP contribution in [0.1, 0.15) is 61.8 Å². The average molecular weight is 505 g/mol. The minimum Gasteiger partial charge on any atom is -0.461 e. The zero-order valence-corrected chi connectivity index (χ0v) is 22.8. The Morgan fingerprint density at radius 3 is 2.31 bits per heavy atom. The highest BCUT2D eigenvalue weighted by Gasteiger charge is 2.82. The normalized spacial score (nSPS) is 46.8. The van der Waals surface area contributed by atoms with Crippen molar-refractivity contribution in [3.05, 3.63) is 23.3 Å². The molecule has 1 N–H and O–H groups in total. The number of Topliss-reactive ketones (excluding diaryl/α,β-unsaturated/α-hetero) is 1. The third-order valence-corrected chi connectivity index (χ3v) is 9.28. The summed E-state index contributed by atoms with van der Waals surface area (Å²) in [5, 5.41) is 11.2. The molecule has 0 aromatic carbocycles. The van der Waals surface area contributed by atoms with Gasteiger partial charge in [-0.15, -0.1) is 0 Å². The molecule has 3 fully saturated rings. The molecular weight excluding hydrogens is 464 g/mol. The molecule has 200 valence electrons. The molecule has 1 heterocycles. The van der Waals surface area contributed by atoms with Crippen molar-refractivity contribution in [2.24, 2.45) is 29.1 Å². The monoisotopic (exact) mass is 504 g/mol. The van der Waals surface area contributed by atoms with Gasteiger partial charge in [-0.05, 0) is 50.2 Å². The summed E-state index contributed by atoms with van der Waals surface area (Å²) in [7, 11) is 1.57. The molecule has 1 saturated heterocycles. The number of hydrogen-bond acceptors (Lipinski definition) is 8. The molecule has 3 aliphatic carbocycles. The van der Waals surface area contributed by atoms with Crippen LogP contribution in [0.25, 0.3) is 0 Å². The quantitative estimate of drug-likeness (QED) is 0.269. The summed E-state index contributed by atoms with van der Waals surface area (Å²) in [6.07, 6.45) is 0.867. The van der Waals surface area contributed by atoms with E-state index in [1.807, 2.05) is 13.8 Å². The summed E-state index contributed by atoms with van der Waals surface area (Å²) in [6.45, 7) is 14.4. The minimum atomic E-state index is -1.22. The number of hydrogen-bond donors (Lipinski definition) is 1. The molecule has 0 aromatic rings. The number of allylic oxidation sites excluding steroid dienone is 1. The van der Waals surface area contributed by atoms with Crippen molar-refractivity contribution in [3.8, 4) is 0 Å². The van der Waals surface area contributed by atoms with E-state index in [9.17, 15) is 19.5 Å². The van der Waals surface area contributed by atoms with Crippen LogP contribution in [0, 0.1) is 29.1 Å². The standard InChI is InChI=1S/C28H40O8/c1-10-13(2)25(32)35-20-14(3)11-27-23(30)15(4)12-28(27,36-27)24(31)16(5)21(34-17(6)29)18-19(22(20)33-9)26(18,7)8/h10-11,15-16,18-23,30H,12H2,1-9H3/b13-10+,14-11+/t15-,16+,18-,19+,20+,21-,22-,23-,27-,28-/m0/s1. The van der Waals surface area contributed by atoms with Crippen molar-refractivity contribution in [1.82, 2.24) is 0 Å². The lowest BCUT2D eigenvalue weighted by Gasteiger charge is -2.30. The fourth-order valence-corrected chi connectivity index (χ4v) is 7.12. The van der Waals surface area contributed by atoms with Crippen LogP contribution in [-0.2, 0) is 33.3 Å². The third-order valence-electron chi connectivity index (χ3n) is 9.28.